The van der Waals surface area contributed by atoms with Crippen LogP contribution in [0.1, 0.15) is 63.6 Å². The molecule has 1 aliphatic carbocycles. The van der Waals surface area contributed by atoms with Crippen molar-refractivity contribution in [3.05, 3.63) is 162 Å². The van der Waals surface area contributed by atoms with Crippen molar-refractivity contribution in [1.29, 1.82) is 0 Å². The van der Waals surface area contributed by atoms with E-state index in [-0.39, 0.29) is 0 Å². The van der Waals surface area contributed by atoms with E-state index in [0.717, 1.165) is 0 Å². The summed E-state index contributed by atoms with van der Waals surface area (Å²) in [5.41, 5.74) is 9.41. The van der Waals surface area contributed by atoms with Gasteiger partial charge in [-0.25, -0.2) is 0 Å². The van der Waals surface area contributed by atoms with Gasteiger partial charge in [0.05, 0.1) is 6.04 Å². The van der Waals surface area contributed by atoms with Gasteiger partial charge in [-0.3, -0.25) is 0 Å². The average molecular weight is 582 g/mol. The van der Waals surface area contributed by atoms with E-state index in [1.165, 1.54) is 56.3 Å². The van der Waals surface area contributed by atoms with Crippen molar-refractivity contribution in [2.24, 2.45) is 0 Å². The minimum atomic E-state index is 0.483. The van der Waals surface area contributed by atoms with Gasteiger partial charge in [0.25, 0.3) is 0 Å². The molecule has 1 nitrogen and oxygen atoms in total. The molecule has 0 spiro atoms. The Bertz CT molecular complexity index is 1610. The number of hydrogen-bond donors (Lipinski definition) is 0. The van der Waals surface area contributed by atoms with Gasteiger partial charge in [-0.15, -0.1) is 0 Å². The largest absolute Gasteiger partial charge is 0.367 e. The Balaban J connectivity index is 0.000000183. The highest BCUT2D eigenvalue weighted by Gasteiger charge is 2.35. The van der Waals surface area contributed by atoms with E-state index in [1.807, 2.05) is 38.1 Å². The van der Waals surface area contributed by atoms with Crippen molar-refractivity contribution in [2.45, 2.75) is 66.8 Å². The van der Waals surface area contributed by atoms with Crippen LogP contribution in [0.15, 0.2) is 145 Å². The zero-order chi connectivity index (χ0) is 31.9. The summed E-state index contributed by atoms with van der Waals surface area (Å²) in [4.78, 5) is 2.42. The Morgan fingerprint density at radius 3 is 1.68 bits per heavy atom. The number of aryl methyl sites for hydroxylation is 2. The van der Waals surface area contributed by atoms with Crippen LogP contribution in [0.3, 0.4) is 0 Å². The summed E-state index contributed by atoms with van der Waals surface area (Å²) < 4.78 is 0. The number of fused-ring (bicyclic) bond motifs is 4. The van der Waals surface area contributed by atoms with Crippen LogP contribution >= 0.6 is 0 Å². The SMILES string of the molecule is CC.CC1=CC2C(C=C1)c1cc3ccccc3cc1N2C.CCC.Cc1cccc(-c2ccccc2)c1.Cc1ccccc1. The number of benzene rings is 5. The van der Waals surface area contributed by atoms with Crippen LogP contribution in [0, 0.1) is 13.8 Å². The molecule has 2 unspecified atom stereocenters. The van der Waals surface area contributed by atoms with Crippen molar-refractivity contribution in [3.63, 3.8) is 0 Å². The molecule has 0 radical (unpaired) electrons. The van der Waals surface area contributed by atoms with Gasteiger partial charge in [0.1, 0.15) is 0 Å². The van der Waals surface area contributed by atoms with Gasteiger partial charge in [0.2, 0.25) is 0 Å². The van der Waals surface area contributed by atoms with Crippen molar-refractivity contribution >= 4 is 16.5 Å². The Morgan fingerprint density at radius 1 is 0.591 bits per heavy atom. The highest BCUT2D eigenvalue weighted by Crippen LogP contribution is 2.45. The lowest BCUT2D eigenvalue weighted by Crippen LogP contribution is -2.29. The first-order valence-electron chi connectivity index (χ1n) is 16.2. The van der Waals surface area contributed by atoms with Crippen LogP contribution in [0.2, 0.25) is 0 Å². The second-order valence-corrected chi connectivity index (χ2v) is 11.3. The monoisotopic (exact) mass is 581 g/mol. The summed E-state index contributed by atoms with van der Waals surface area (Å²) in [7, 11) is 2.21. The molecule has 0 aromatic heterocycles. The third-order valence-corrected chi connectivity index (χ3v) is 7.52. The summed E-state index contributed by atoms with van der Waals surface area (Å²) >= 11 is 0. The van der Waals surface area contributed by atoms with E-state index < -0.39 is 0 Å². The molecule has 2 aliphatic rings. The number of likely N-dealkylation sites (N-methyl/N-ethyl adjacent to an activating group) is 1. The van der Waals surface area contributed by atoms with Crippen LogP contribution in [-0.2, 0) is 0 Å². The molecule has 0 bridgehead atoms. The average Bonchev–Trinajstić information content (AvgIpc) is 3.32. The molecule has 44 heavy (non-hydrogen) atoms. The molecule has 1 aliphatic heterocycles. The number of anilines is 1. The summed E-state index contributed by atoms with van der Waals surface area (Å²) in [5, 5.41) is 2.67. The van der Waals surface area contributed by atoms with Crippen molar-refractivity contribution < 1.29 is 0 Å². The van der Waals surface area contributed by atoms with E-state index in [2.05, 4.69) is 162 Å². The molecule has 0 amide bonds. The molecule has 0 saturated carbocycles. The van der Waals surface area contributed by atoms with Crippen molar-refractivity contribution in [3.8, 4) is 11.1 Å². The Hall–Kier alpha value is -4.36. The van der Waals surface area contributed by atoms with E-state index in [9.17, 15) is 0 Å². The van der Waals surface area contributed by atoms with Gasteiger partial charge in [-0.2, -0.15) is 0 Å². The predicted molar refractivity (Wildman–Crippen MR) is 197 cm³/mol. The summed E-state index contributed by atoms with van der Waals surface area (Å²) in [6.45, 7) is 14.6. The minimum Gasteiger partial charge on any atom is -0.367 e. The smallest absolute Gasteiger partial charge is 0.0579 e. The van der Waals surface area contributed by atoms with Crippen LogP contribution in [0.4, 0.5) is 5.69 Å². The number of allylic oxidation sites excluding steroid dienone is 2. The molecular formula is C43H51N. The summed E-state index contributed by atoms with van der Waals surface area (Å²) in [6, 6.07) is 43.1. The lowest BCUT2D eigenvalue weighted by molar-refractivity contribution is 0.717. The maximum Gasteiger partial charge on any atom is 0.0579 e. The first kappa shape index (κ1) is 34.1. The number of hydrogen-bond acceptors (Lipinski definition) is 1. The number of rotatable bonds is 1. The van der Waals surface area contributed by atoms with Gasteiger partial charge in [0.15, 0.2) is 0 Å². The molecule has 0 fully saturated rings. The van der Waals surface area contributed by atoms with E-state index in [0.29, 0.717) is 12.0 Å². The fraction of sp³-hybridized carbons (Fsp3) is 0.256. The molecule has 5 aromatic carbocycles. The van der Waals surface area contributed by atoms with Crippen LogP contribution in [0.5, 0.6) is 0 Å². The number of nitrogens with zero attached hydrogens (tertiary/aromatic N) is 1. The van der Waals surface area contributed by atoms with E-state index >= 15 is 0 Å². The third-order valence-electron chi connectivity index (χ3n) is 7.52. The van der Waals surface area contributed by atoms with Crippen LogP contribution < -0.4 is 4.90 Å². The molecule has 0 saturated heterocycles. The van der Waals surface area contributed by atoms with Gasteiger partial charge < -0.3 is 4.90 Å². The standard InChI is InChI=1S/C18H17N.C13H12.C7H8.C3H8.C2H6/c1-12-7-8-15-16-10-13-5-3-4-6-14(13)11-18(16)19(2)17(15)9-12;1-11-6-5-9-13(10-11)12-7-3-2-4-8-12;1-7-5-3-2-4-6-7;1-3-2;1-2/h3-11,15,17H,1-2H3;2-10H,1H3;2-6H,1H3;3H2,1-2H3;1-2H3. The molecular weight excluding hydrogens is 530 g/mol. The third kappa shape index (κ3) is 9.32. The van der Waals surface area contributed by atoms with Crippen LogP contribution in [-0.4, -0.2) is 13.1 Å². The Labute approximate surface area is 267 Å². The lowest BCUT2D eigenvalue weighted by Gasteiger charge is -2.25. The Kier molecular flexibility index (Phi) is 13.7. The van der Waals surface area contributed by atoms with Gasteiger partial charge in [0, 0.05) is 18.7 Å². The second-order valence-electron chi connectivity index (χ2n) is 11.3. The Morgan fingerprint density at radius 2 is 1.11 bits per heavy atom. The molecule has 1 heteroatoms. The van der Waals surface area contributed by atoms with Gasteiger partial charge >= 0.3 is 0 Å². The maximum atomic E-state index is 2.42. The van der Waals surface area contributed by atoms with E-state index in [1.54, 1.807) is 0 Å². The maximum absolute atomic E-state index is 2.42. The van der Waals surface area contributed by atoms with Gasteiger partial charge in [-0.05, 0) is 60.4 Å². The summed E-state index contributed by atoms with van der Waals surface area (Å²) in [6.07, 6.45) is 8.24. The first-order valence-corrected chi connectivity index (χ1v) is 16.2. The summed E-state index contributed by atoms with van der Waals surface area (Å²) in [5.74, 6) is 0.508. The van der Waals surface area contributed by atoms with Crippen molar-refractivity contribution in [2.75, 3.05) is 11.9 Å². The zero-order valence-electron chi connectivity index (χ0n) is 28.1. The fourth-order valence-corrected chi connectivity index (χ4v) is 5.41. The molecule has 0 N–H and O–H groups in total. The van der Waals surface area contributed by atoms with E-state index in [4.69, 9.17) is 0 Å². The van der Waals surface area contributed by atoms with Crippen LogP contribution in [0.25, 0.3) is 21.9 Å². The zero-order valence-corrected chi connectivity index (χ0v) is 28.1. The van der Waals surface area contributed by atoms with Crippen molar-refractivity contribution in [1.82, 2.24) is 0 Å². The molecule has 5 aromatic rings. The minimum absolute atomic E-state index is 0.483. The normalized spacial score (nSPS) is 15.4. The first-order chi connectivity index (χ1) is 21.4. The molecule has 1 heterocycles. The highest BCUT2D eigenvalue weighted by molar-refractivity contribution is 5.89. The topological polar surface area (TPSA) is 3.24 Å². The highest BCUT2D eigenvalue weighted by atomic mass is 15.2. The fourth-order valence-electron chi connectivity index (χ4n) is 5.41. The van der Waals surface area contributed by atoms with Gasteiger partial charge in [-0.1, -0.05) is 178 Å². The molecule has 7 rings (SSSR count). The quantitative estimate of drug-likeness (QED) is 0.190. The molecule has 228 valence electrons. The predicted octanol–water partition coefficient (Wildman–Crippen LogP) is 12.4. The lowest BCUT2D eigenvalue weighted by atomic mass is 9.88. The second kappa shape index (κ2) is 17.7. The molecule has 2 atom stereocenters.